The molecule has 1 aromatic heterocycles. The number of para-hydroxylation sites is 1. The lowest BCUT2D eigenvalue weighted by atomic mass is 10.1. The molecular weight excluding hydrogens is 294 g/mol. The van der Waals surface area contributed by atoms with Crippen molar-refractivity contribution in [3.05, 3.63) is 30.3 Å². The summed E-state index contributed by atoms with van der Waals surface area (Å²) in [5.74, 6) is 1.02. The van der Waals surface area contributed by atoms with Crippen LogP contribution in [0.5, 0.6) is 0 Å². The van der Waals surface area contributed by atoms with Crippen LogP contribution in [0.15, 0.2) is 35.5 Å². The fourth-order valence-corrected chi connectivity index (χ4v) is 3.23. The van der Waals surface area contributed by atoms with Gasteiger partial charge in [-0.1, -0.05) is 36.4 Å². The molecule has 1 saturated heterocycles. The number of piperidine rings is 1. The number of aromatic nitrogens is 4. The van der Waals surface area contributed by atoms with Crippen LogP contribution in [0, 0.1) is 0 Å². The van der Waals surface area contributed by atoms with Gasteiger partial charge < -0.3 is 5.32 Å². The van der Waals surface area contributed by atoms with Crippen LogP contribution >= 0.6 is 24.2 Å². The summed E-state index contributed by atoms with van der Waals surface area (Å²) < 4.78 is 1.80. The first-order chi connectivity index (χ1) is 9.43. The summed E-state index contributed by atoms with van der Waals surface area (Å²) in [4.78, 5) is 0. The Kier molecular flexibility index (Phi) is 5.82. The molecule has 7 heteroatoms. The zero-order valence-electron chi connectivity index (χ0n) is 11.1. The molecule has 1 atom stereocenters. The van der Waals surface area contributed by atoms with Crippen LogP contribution in [-0.2, 0) is 0 Å². The van der Waals surface area contributed by atoms with Gasteiger partial charge in [-0.3, -0.25) is 0 Å². The normalized spacial score (nSPS) is 18.5. The topological polar surface area (TPSA) is 55.6 Å². The van der Waals surface area contributed by atoms with E-state index in [0.29, 0.717) is 6.04 Å². The molecule has 108 valence electrons. The van der Waals surface area contributed by atoms with Crippen molar-refractivity contribution >= 4 is 24.2 Å². The molecule has 0 spiro atoms. The third-order valence-corrected chi connectivity index (χ3v) is 4.35. The number of hydrogen-bond acceptors (Lipinski definition) is 5. The first-order valence-corrected chi connectivity index (χ1v) is 7.62. The quantitative estimate of drug-likeness (QED) is 0.878. The Labute approximate surface area is 128 Å². The van der Waals surface area contributed by atoms with Gasteiger partial charge >= 0.3 is 0 Å². The number of hydrogen-bond donors (Lipinski definition) is 1. The summed E-state index contributed by atoms with van der Waals surface area (Å²) in [6.07, 6.45) is 3.87. The van der Waals surface area contributed by atoms with Gasteiger partial charge in [0, 0.05) is 11.8 Å². The number of benzene rings is 1. The predicted molar refractivity (Wildman–Crippen MR) is 82.8 cm³/mol. The van der Waals surface area contributed by atoms with Crippen molar-refractivity contribution in [1.82, 2.24) is 25.5 Å². The number of nitrogens with one attached hydrogen (secondary N) is 1. The van der Waals surface area contributed by atoms with E-state index < -0.39 is 0 Å². The molecule has 0 radical (unpaired) electrons. The number of halogens is 1. The maximum atomic E-state index is 4.11. The van der Waals surface area contributed by atoms with Gasteiger partial charge in [0.15, 0.2) is 0 Å². The molecular formula is C13H18ClN5S. The summed E-state index contributed by atoms with van der Waals surface area (Å²) >= 11 is 1.72. The SMILES string of the molecule is Cl.c1ccc(-n2nnnc2SCC2CCCCN2)cc1. The van der Waals surface area contributed by atoms with Gasteiger partial charge in [-0.05, 0) is 41.9 Å². The van der Waals surface area contributed by atoms with Crippen molar-refractivity contribution in [2.75, 3.05) is 12.3 Å². The minimum atomic E-state index is 0. The van der Waals surface area contributed by atoms with Crippen molar-refractivity contribution < 1.29 is 0 Å². The van der Waals surface area contributed by atoms with E-state index >= 15 is 0 Å². The van der Waals surface area contributed by atoms with E-state index in [9.17, 15) is 0 Å². The third-order valence-electron chi connectivity index (χ3n) is 3.27. The average molecular weight is 312 g/mol. The summed E-state index contributed by atoms with van der Waals surface area (Å²) in [6, 6.07) is 10.6. The molecule has 1 aromatic carbocycles. The molecule has 2 aromatic rings. The molecule has 2 heterocycles. The minimum Gasteiger partial charge on any atom is -0.313 e. The number of thioether (sulfide) groups is 1. The molecule has 0 aliphatic carbocycles. The molecule has 0 saturated carbocycles. The highest BCUT2D eigenvalue weighted by molar-refractivity contribution is 7.99. The molecule has 1 aliphatic heterocycles. The van der Waals surface area contributed by atoms with Crippen LogP contribution < -0.4 is 5.32 Å². The fourth-order valence-electron chi connectivity index (χ4n) is 2.24. The van der Waals surface area contributed by atoms with Crippen molar-refractivity contribution in [3.8, 4) is 5.69 Å². The Morgan fingerprint density at radius 3 is 2.85 bits per heavy atom. The minimum absolute atomic E-state index is 0. The van der Waals surface area contributed by atoms with Gasteiger partial charge in [-0.15, -0.1) is 17.5 Å². The highest BCUT2D eigenvalue weighted by atomic mass is 35.5. The smallest absolute Gasteiger partial charge is 0.214 e. The van der Waals surface area contributed by atoms with Gasteiger partial charge in [0.25, 0.3) is 0 Å². The molecule has 0 bridgehead atoms. The fraction of sp³-hybridized carbons (Fsp3) is 0.462. The molecule has 0 amide bonds. The largest absolute Gasteiger partial charge is 0.313 e. The second kappa shape index (κ2) is 7.61. The van der Waals surface area contributed by atoms with E-state index in [0.717, 1.165) is 23.1 Å². The predicted octanol–water partition coefficient (Wildman–Crippen LogP) is 2.32. The summed E-state index contributed by atoms with van der Waals surface area (Å²) in [7, 11) is 0. The lowest BCUT2D eigenvalue weighted by Gasteiger charge is -2.22. The maximum Gasteiger partial charge on any atom is 0.214 e. The zero-order chi connectivity index (χ0) is 12.9. The third kappa shape index (κ3) is 3.71. The lowest BCUT2D eigenvalue weighted by Crippen LogP contribution is -2.35. The second-order valence-corrected chi connectivity index (χ2v) is 5.65. The van der Waals surface area contributed by atoms with Crippen molar-refractivity contribution in [1.29, 1.82) is 0 Å². The Hall–Kier alpha value is -1.11. The van der Waals surface area contributed by atoms with E-state index in [2.05, 4.69) is 20.8 Å². The number of rotatable bonds is 4. The lowest BCUT2D eigenvalue weighted by molar-refractivity contribution is 0.429. The summed E-state index contributed by atoms with van der Waals surface area (Å²) in [5.41, 5.74) is 1.01. The van der Waals surface area contributed by atoms with Gasteiger partial charge in [0.05, 0.1) is 5.69 Å². The average Bonchev–Trinajstić information content (AvgIpc) is 2.95. The van der Waals surface area contributed by atoms with Gasteiger partial charge in [-0.2, -0.15) is 4.68 Å². The first kappa shape index (κ1) is 15.3. The van der Waals surface area contributed by atoms with Crippen molar-refractivity contribution in [2.24, 2.45) is 0 Å². The Balaban J connectivity index is 0.00000147. The molecule has 1 unspecified atom stereocenters. The van der Waals surface area contributed by atoms with Crippen molar-refractivity contribution in [3.63, 3.8) is 0 Å². The molecule has 1 aliphatic rings. The maximum absolute atomic E-state index is 4.11. The van der Waals surface area contributed by atoms with E-state index in [-0.39, 0.29) is 12.4 Å². The van der Waals surface area contributed by atoms with Crippen LogP contribution in [0.2, 0.25) is 0 Å². The monoisotopic (exact) mass is 311 g/mol. The van der Waals surface area contributed by atoms with E-state index in [1.807, 2.05) is 30.3 Å². The number of tetrazole rings is 1. The van der Waals surface area contributed by atoms with Gasteiger partial charge in [-0.25, -0.2) is 0 Å². The van der Waals surface area contributed by atoms with Crippen LogP contribution in [0.25, 0.3) is 5.69 Å². The summed E-state index contributed by atoms with van der Waals surface area (Å²) in [6.45, 7) is 1.13. The van der Waals surface area contributed by atoms with E-state index in [4.69, 9.17) is 0 Å². The van der Waals surface area contributed by atoms with Gasteiger partial charge in [0.2, 0.25) is 5.16 Å². The standard InChI is InChI=1S/C13H17N5S.ClH/c1-2-7-12(8-3-1)18-13(15-16-17-18)19-10-11-6-4-5-9-14-11;/h1-3,7-8,11,14H,4-6,9-10H2;1H. The molecule has 3 rings (SSSR count). The number of nitrogens with zero attached hydrogens (tertiary/aromatic N) is 4. The molecule has 5 nitrogen and oxygen atoms in total. The zero-order valence-corrected chi connectivity index (χ0v) is 12.7. The second-order valence-electron chi connectivity index (χ2n) is 4.67. The molecule has 1 fully saturated rings. The van der Waals surface area contributed by atoms with Crippen LogP contribution in [0.1, 0.15) is 19.3 Å². The molecule has 1 N–H and O–H groups in total. The van der Waals surface area contributed by atoms with Crippen LogP contribution in [-0.4, -0.2) is 38.5 Å². The first-order valence-electron chi connectivity index (χ1n) is 6.63. The van der Waals surface area contributed by atoms with E-state index in [1.54, 1.807) is 16.4 Å². The Morgan fingerprint density at radius 2 is 2.10 bits per heavy atom. The van der Waals surface area contributed by atoms with Crippen LogP contribution in [0.4, 0.5) is 0 Å². The molecule has 20 heavy (non-hydrogen) atoms. The van der Waals surface area contributed by atoms with Crippen LogP contribution in [0.3, 0.4) is 0 Å². The van der Waals surface area contributed by atoms with Gasteiger partial charge in [0.1, 0.15) is 0 Å². The Morgan fingerprint density at radius 1 is 1.25 bits per heavy atom. The Bertz CT molecular complexity index is 512. The highest BCUT2D eigenvalue weighted by Gasteiger charge is 2.15. The highest BCUT2D eigenvalue weighted by Crippen LogP contribution is 2.21. The van der Waals surface area contributed by atoms with Crippen molar-refractivity contribution in [2.45, 2.75) is 30.5 Å². The van der Waals surface area contributed by atoms with E-state index in [1.165, 1.54) is 19.3 Å². The summed E-state index contributed by atoms with van der Waals surface area (Å²) in [5, 5.41) is 16.4.